The van der Waals surface area contributed by atoms with Crippen molar-refractivity contribution < 1.29 is 17.9 Å². The molecule has 0 radical (unpaired) electrons. The van der Waals surface area contributed by atoms with Gasteiger partial charge in [0.05, 0.1) is 30.6 Å². The second-order valence-electron chi connectivity index (χ2n) is 9.66. The van der Waals surface area contributed by atoms with Crippen molar-refractivity contribution >= 4 is 27.4 Å². The minimum absolute atomic E-state index is 0.116. The van der Waals surface area contributed by atoms with Gasteiger partial charge in [-0.2, -0.15) is 5.10 Å². The van der Waals surface area contributed by atoms with Crippen LogP contribution in [-0.2, 0) is 26.1 Å². The van der Waals surface area contributed by atoms with E-state index in [-0.39, 0.29) is 35.8 Å². The number of carbonyl (C=O) groups excluding carboxylic acids is 1. The van der Waals surface area contributed by atoms with E-state index >= 15 is 0 Å². The van der Waals surface area contributed by atoms with Crippen LogP contribution in [0.1, 0.15) is 45.0 Å². The van der Waals surface area contributed by atoms with Crippen LogP contribution in [0.25, 0.3) is 21.9 Å². The zero-order chi connectivity index (χ0) is 24.8. The summed E-state index contributed by atoms with van der Waals surface area (Å²) >= 11 is 0. The first-order valence-corrected chi connectivity index (χ1v) is 13.2. The molecule has 180 valence electrons. The lowest BCUT2D eigenvalue weighted by Gasteiger charge is -2.37. The van der Waals surface area contributed by atoms with E-state index in [0.29, 0.717) is 28.8 Å². The molecule has 1 aliphatic carbocycles. The van der Waals surface area contributed by atoms with Crippen molar-refractivity contribution in [2.75, 3.05) is 11.0 Å². The van der Waals surface area contributed by atoms with Crippen LogP contribution in [0.4, 0.5) is 5.69 Å². The third-order valence-electron chi connectivity index (χ3n) is 6.54. The van der Waals surface area contributed by atoms with Crippen LogP contribution >= 0.6 is 0 Å². The van der Waals surface area contributed by atoms with Crippen LogP contribution in [0.5, 0.6) is 0 Å². The predicted octanol–water partition coefficient (Wildman–Crippen LogP) is 3.88. The van der Waals surface area contributed by atoms with Crippen LogP contribution in [0, 0.1) is 31.2 Å². The number of aromatic nitrogens is 3. The van der Waals surface area contributed by atoms with Crippen molar-refractivity contribution in [3.05, 3.63) is 46.6 Å². The molecule has 1 N–H and O–H groups in total. The highest BCUT2D eigenvalue weighted by Crippen LogP contribution is 2.37. The summed E-state index contributed by atoms with van der Waals surface area (Å²) in [6.45, 7) is 16.0. The fourth-order valence-corrected chi connectivity index (χ4v) is 5.70. The lowest BCUT2D eigenvalue weighted by Crippen LogP contribution is -2.37. The minimum Gasteiger partial charge on any atom is -0.459 e. The number of ether oxygens (including phenoxy) is 1. The molecule has 10 heteroatoms. The van der Waals surface area contributed by atoms with E-state index in [0.717, 1.165) is 24.7 Å². The van der Waals surface area contributed by atoms with Gasteiger partial charge in [0.15, 0.2) is 11.6 Å². The second kappa shape index (κ2) is 8.87. The summed E-state index contributed by atoms with van der Waals surface area (Å²) in [6, 6.07) is 5.22. The molecule has 34 heavy (non-hydrogen) atoms. The van der Waals surface area contributed by atoms with E-state index in [1.807, 2.05) is 0 Å². The average molecular weight is 484 g/mol. The van der Waals surface area contributed by atoms with Gasteiger partial charge in [-0.25, -0.2) is 23.0 Å². The minimum atomic E-state index is -3.44. The Kier molecular flexibility index (Phi) is 6.25. The van der Waals surface area contributed by atoms with Crippen molar-refractivity contribution in [1.82, 2.24) is 14.8 Å². The second-order valence-corrected chi connectivity index (χ2v) is 11.4. The van der Waals surface area contributed by atoms with Gasteiger partial charge in [-0.1, -0.05) is 32.9 Å². The van der Waals surface area contributed by atoms with E-state index in [4.69, 9.17) is 11.3 Å². The maximum atomic E-state index is 13.0. The number of rotatable bonds is 5. The van der Waals surface area contributed by atoms with Gasteiger partial charge >= 0.3 is 5.97 Å². The van der Waals surface area contributed by atoms with Crippen LogP contribution in [0.15, 0.2) is 23.8 Å². The number of benzene rings is 1. The normalized spacial score (nSPS) is 24.5. The third kappa shape index (κ3) is 4.71. The molecule has 9 nitrogen and oxygen atoms in total. The molecule has 4 rings (SSSR count). The van der Waals surface area contributed by atoms with Gasteiger partial charge in [0.25, 0.3) is 0 Å². The number of nitrogens with one attached hydrogen (secondary N) is 1. The molecule has 2 unspecified atom stereocenters. The standard InChI is InChI=1S/C24H29N5O4S/c1-13-9-15(3)21(16(4)10-13)33-24(30)18-12-29-23(20(18)25-5)26-22(27-29)17-8-7-14(2)19(11-17)28-34(6,31)32/h7-8,11,13,15-16,21,28H,9-10,12H2,1-4,6H3. The first-order chi connectivity index (χ1) is 16.0. The topological polar surface area (TPSA) is 108 Å². The Morgan fingerprint density at radius 1 is 1.24 bits per heavy atom. The first-order valence-electron chi connectivity index (χ1n) is 11.3. The molecule has 2 heterocycles. The zero-order valence-electron chi connectivity index (χ0n) is 20.0. The van der Waals surface area contributed by atoms with Crippen LogP contribution in [0.3, 0.4) is 0 Å². The Hall–Kier alpha value is -3.19. The highest BCUT2D eigenvalue weighted by Gasteiger charge is 2.37. The maximum Gasteiger partial charge on any atom is 0.325 e. The van der Waals surface area contributed by atoms with Crippen molar-refractivity contribution in [1.29, 1.82) is 0 Å². The molecule has 1 fully saturated rings. The highest BCUT2D eigenvalue weighted by molar-refractivity contribution is 7.92. The van der Waals surface area contributed by atoms with Crippen molar-refractivity contribution in [2.45, 2.75) is 53.2 Å². The highest BCUT2D eigenvalue weighted by atomic mass is 32.2. The number of anilines is 1. The molecule has 1 aliphatic heterocycles. The molecular weight excluding hydrogens is 454 g/mol. The zero-order valence-corrected chi connectivity index (χ0v) is 20.8. The van der Waals surface area contributed by atoms with Gasteiger partial charge in [0.1, 0.15) is 6.10 Å². The van der Waals surface area contributed by atoms with Gasteiger partial charge in [0.2, 0.25) is 15.7 Å². The van der Waals surface area contributed by atoms with Crippen molar-refractivity contribution in [2.24, 2.45) is 17.8 Å². The van der Waals surface area contributed by atoms with Crippen LogP contribution in [0.2, 0.25) is 0 Å². The Morgan fingerprint density at radius 2 is 1.91 bits per heavy atom. The summed E-state index contributed by atoms with van der Waals surface area (Å²) in [5, 5.41) is 4.48. The van der Waals surface area contributed by atoms with Gasteiger partial charge < -0.3 is 4.74 Å². The number of nitrogens with zero attached hydrogens (tertiary/aromatic N) is 4. The van der Waals surface area contributed by atoms with E-state index < -0.39 is 16.0 Å². The van der Waals surface area contributed by atoms with E-state index in [1.165, 1.54) is 4.68 Å². The molecule has 0 saturated heterocycles. The van der Waals surface area contributed by atoms with Gasteiger partial charge in [-0.3, -0.25) is 9.40 Å². The Bertz CT molecular complexity index is 1310. The smallest absolute Gasteiger partial charge is 0.325 e. The van der Waals surface area contributed by atoms with Crippen LogP contribution in [-0.4, -0.2) is 41.5 Å². The number of hydrogen-bond donors (Lipinski definition) is 1. The monoisotopic (exact) mass is 483 g/mol. The fourth-order valence-electron chi connectivity index (χ4n) is 5.08. The quantitative estimate of drug-likeness (QED) is 0.511. The Balaban J connectivity index is 1.59. The number of fused-ring (bicyclic) bond motifs is 1. The summed E-state index contributed by atoms with van der Waals surface area (Å²) in [5.41, 5.74) is 2.22. The summed E-state index contributed by atoms with van der Waals surface area (Å²) in [4.78, 5) is 21.1. The summed E-state index contributed by atoms with van der Waals surface area (Å²) in [6.07, 6.45) is 2.94. The molecule has 1 saturated carbocycles. The SMILES string of the molecule is [C-]#[N+]C1=C(C(=O)OC2C(C)CC(C)CC2C)Cn2nc(-c3ccc(C)c(NS(C)(=O)=O)c3)nc21. The average Bonchev–Trinajstić information content (AvgIpc) is 3.29. The van der Waals surface area contributed by atoms with Crippen molar-refractivity contribution in [3.63, 3.8) is 0 Å². The molecule has 0 spiro atoms. The summed E-state index contributed by atoms with van der Waals surface area (Å²) < 4.78 is 33.2. The molecule has 0 amide bonds. The third-order valence-corrected chi connectivity index (χ3v) is 7.13. The molecule has 1 aromatic heterocycles. The first kappa shape index (κ1) is 24.0. The van der Waals surface area contributed by atoms with Gasteiger partial charge in [-0.05, 0) is 49.1 Å². The predicted molar refractivity (Wildman–Crippen MR) is 129 cm³/mol. The van der Waals surface area contributed by atoms with E-state index in [9.17, 15) is 13.2 Å². The lowest BCUT2D eigenvalue weighted by atomic mass is 9.75. The maximum absolute atomic E-state index is 13.0. The number of esters is 1. The molecule has 2 atom stereocenters. The number of carbonyl (C=O) groups is 1. The Labute approximate surface area is 200 Å². The molecule has 2 aliphatic rings. The molecular formula is C24H29N5O4S. The number of aryl methyl sites for hydroxylation is 1. The molecule has 1 aromatic carbocycles. The van der Waals surface area contributed by atoms with E-state index in [2.05, 4.69) is 40.4 Å². The fraction of sp³-hybridized carbons (Fsp3) is 0.500. The number of sulfonamides is 1. The summed E-state index contributed by atoms with van der Waals surface area (Å²) in [5.74, 6) is 1.32. The van der Waals surface area contributed by atoms with E-state index in [1.54, 1.807) is 25.1 Å². The van der Waals surface area contributed by atoms with Crippen molar-refractivity contribution in [3.8, 4) is 11.4 Å². The number of hydrogen-bond acceptors (Lipinski definition) is 6. The summed E-state index contributed by atoms with van der Waals surface area (Å²) in [7, 11) is -3.44. The largest absolute Gasteiger partial charge is 0.459 e. The van der Waals surface area contributed by atoms with Gasteiger partial charge in [-0.15, -0.1) is 0 Å². The molecule has 0 bridgehead atoms. The lowest BCUT2D eigenvalue weighted by molar-refractivity contribution is -0.153. The molecule has 2 aromatic rings. The Morgan fingerprint density at radius 3 is 2.53 bits per heavy atom. The van der Waals surface area contributed by atoms with Crippen LogP contribution < -0.4 is 4.72 Å². The van der Waals surface area contributed by atoms with Gasteiger partial charge in [0, 0.05) is 5.56 Å².